The van der Waals surface area contributed by atoms with Crippen LogP contribution in [0, 0.1) is 11.3 Å². The van der Waals surface area contributed by atoms with Crippen molar-refractivity contribution in [3.63, 3.8) is 0 Å². The molecule has 164 valence electrons. The molecule has 4 rings (SSSR count). The van der Waals surface area contributed by atoms with Crippen LogP contribution in [0.3, 0.4) is 0 Å². The summed E-state index contributed by atoms with van der Waals surface area (Å²) in [7, 11) is 0. The van der Waals surface area contributed by atoms with E-state index in [-0.39, 0.29) is 11.6 Å². The molecule has 2 N–H and O–H groups in total. The number of ether oxygens (including phenoxy) is 2. The van der Waals surface area contributed by atoms with Crippen molar-refractivity contribution in [3.05, 3.63) is 109 Å². The van der Waals surface area contributed by atoms with Crippen molar-refractivity contribution < 1.29 is 14.3 Å². The predicted octanol–water partition coefficient (Wildman–Crippen LogP) is 6.59. The van der Waals surface area contributed by atoms with Gasteiger partial charge >= 0.3 is 5.97 Å². The van der Waals surface area contributed by atoms with E-state index in [9.17, 15) is 10.1 Å². The highest BCUT2D eigenvalue weighted by Crippen LogP contribution is 2.43. The summed E-state index contributed by atoms with van der Waals surface area (Å²) in [6.07, 6.45) is 2.81. The Morgan fingerprint density at radius 2 is 1.88 bits per heavy atom. The number of allylic oxidation sites excluding steroid dienone is 1. The van der Waals surface area contributed by atoms with E-state index in [2.05, 4.69) is 22.0 Å². The fraction of sp³-hybridized carbons (Fsp3) is 0.0400. The Hall–Kier alpha value is -3.24. The first kappa shape index (κ1) is 22.9. The summed E-state index contributed by atoms with van der Waals surface area (Å²) in [5.41, 5.74) is 8.61. The lowest BCUT2D eigenvalue weighted by molar-refractivity contribution is -0.128. The Balaban J connectivity index is 1.59. The molecule has 1 atom stereocenters. The van der Waals surface area contributed by atoms with Gasteiger partial charge in [0.1, 0.15) is 23.1 Å². The molecular weight excluding hydrogens is 527 g/mol. The van der Waals surface area contributed by atoms with Crippen LogP contribution in [-0.2, 0) is 4.79 Å². The number of hydrogen-bond acceptors (Lipinski definition) is 5. The summed E-state index contributed by atoms with van der Waals surface area (Å²) in [6, 6.07) is 19.7. The molecule has 5 nitrogen and oxygen atoms in total. The highest BCUT2D eigenvalue weighted by Gasteiger charge is 2.31. The third-order valence-electron chi connectivity index (χ3n) is 4.97. The molecular formula is C25H15BrCl2N2O3. The molecule has 1 unspecified atom stereocenters. The van der Waals surface area contributed by atoms with E-state index in [1.54, 1.807) is 42.5 Å². The maximum Gasteiger partial charge on any atom is 0.336 e. The van der Waals surface area contributed by atoms with Crippen molar-refractivity contribution in [1.29, 1.82) is 5.26 Å². The molecule has 0 radical (unpaired) electrons. The van der Waals surface area contributed by atoms with Crippen molar-refractivity contribution in [2.45, 2.75) is 5.92 Å². The van der Waals surface area contributed by atoms with Gasteiger partial charge in [0.05, 0.1) is 5.92 Å². The number of nitrogens with zero attached hydrogens (tertiary/aromatic N) is 1. The Kier molecular flexibility index (Phi) is 6.75. The van der Waals surface area contributed by atoms with Crippen molar-refractivity contribution in [2.75, 3.05) is 0 Å². The van der Waals surface area contributed by atoms with E-state index in [1.165, 1.54) is 6.08 Å². The van der Waals surface area contributed by atoms with Crippen LogP contribution in [0.1, 0.15) is 22.6 Å². The molecule has 0 bridgehead atoms. The van der Waals surface area contributed by atoms with Crippen LogP contribution in [0.4, 0.5) is 0 Å². The molecule has 8 heteroatoms. The van der Waals surface area contributed by atoms with Gasteiger partial charge < -0.3 is 15.2 Å². The SMILES string of the molecule is N#CC1=C(N)Oc2cc(OC(=O)/C=C/c3ccc(Cl)cc3Cl)ccc2C1c1ccc(Br)cc1. The molecule has 3 aromatic rings. The maximum atomic E-state index is 12.3. The van der Waals surface area contributed by atoms with Gasteiger partial charge in [0.25, 0.3) is 0 Å². The normalized spacial score (nSPS) is 15.0. The Bertz CT molecular complexity index is 1340. The van der Waals surface area contributed by atoms with Crippen LogP contribution in [0.15, 0.2) is 82.7 Å². The van der Waals surface area contributed by atoms with Gasteiger partial charge in [-0.1, -0.05) is 63.4 Å². The minimum atomic E-state index is -0.595. The van der Waals surface area contributed by atoms with Crippen LogP contribution >= 0.6 is 39.1 Å². The van der Waals surface area contributed by atoms with E-state index in [0.717, 1.165) is 15.6 Å². The molecule has 0 amide bonds. The summed E-state index contributed by atoms with van der Waals surface area (Å²) in [6.45, 7) is 0. The van der Waals surface area contributed by atoms with Crippen LogP contribution in [0.25, 0.3) is 6.08 Å². The van der Waals surface area contributed by atoms with Gasteiger partial charge in [-0.15, -0.1) is 0 Å². The molecule has 0 saturated heterocycles. The molecule has 1 aliphatic rings. The number of nitrogens with two attached hydrogens (primary N) is 1. The maximum absolute atomic E-state index is 12.3. The highest BCUT2D eigenvalue weighted by molar-refractivity contribution is 9.10. The minimum absolute atomic E-state index is 0.0127. The fourth-order valence-electron chi connectivity index (χ4n) is 3.44. The molecule has 0 saturated carbocycles. The van der Waals surface area contributed by atoms with E-state index >= 15 is 0 Å². The van der Waals surface area contributed by atoms with Crippen LogP contribution < -0.4 is 15.2 Å². The molecule has 1 heterocycles. The number of carbonyl (C=O) groups excluding carboxylic acids is 1. The van der Waals surface area contributed by atoms with Crippen molar-refractivity contribution in [2.24, 2.45) is 5.73 Å². The van der Waals surface area contributed by atoms with Crippen LogP contribution in [0.5, 0.6) is 11.5 Å². The smallest absolute Gasteiger partial charge is 0.336 e. The number of benzene rings is 3. The third kappa shape index (κ3) is 5.07. The number of halogens is 3. The lowest BCUT2D eigenvalue weighted by atomic mass is 9.83. The number of rotatable bonds is 4. The summed E-state index contributed by atoms with van der Waals surface area (Å²) in [5.74, 6) is -0.299. The number of fused-ring (bicyclic) bond motifs is 1. The van der Waals surface area contributed by atoms with Crippen LogP contribution in [0.2, 0.25) is 10.0 Å². The zero-order valence-electron chi connectivity index (χ0n) is 16.9. The number of carbonyl (C=O) groups is 1. The van der Waals surface area contributed by atoms with Gasteiger partial charge in [-0.25, -0.2) is 4.79 Å². The summed E-state index contributed by atoms with van der Waals surface area (Å²) < 4.78 is 12.0. The fourth-order valence-corrected chi connectivity index (χ4v) is 4.18. The zero-order chi connectivity index (χ0) is 23.5. The average molecular weight is 542 g/mol. The predicted molar refractivity (Wildman–Crippen MR) is 131 cm³/mol. The second-order valence-corrected chi connectivity index (χ2v) is 8.86. The molecule has 1 aliphatic heterocycles. The van der Waals surface area contributed by atoms with E-state index in [1.807, 2.05) is 24.3 Å². The highest BCUT2D eigenvalue weighted by atomic mass is 79.9. The van der Waals surface area contributed by atoms with Crippen LogP contribution in [-0.4, -0.2) is 5.97 Å². The van der Waals surface area contributed by atoms with Crippen molar-refractivity contribution in [1.82, 2.24) is 0 Å². The second-order valence-electron chi connectivity index (χ2n) is 7.10. The first-order valence-corrected chi connectivity index (χ1v) is 11.2. The standard InChI is InChI=1S/C25H15BrCl2N2O3/c26-16-5-1-15(2-6-16)24-19-9-8-18(12-22(19)33-25(30)20(24)13-29)32-23(31)10-4-14-3-7-17(27)11-21(14)28/h1-12,24H,30H2/b10-4+. The monoisotopic (exact) mass is 540 g/mol. The number of esters is 1. The summed E-state index contributed by atoms with van der Waals surface area (Å²) in [5, 5.41) is 10.6. The summed E-state index contributed by atoms with van der Waals surface area (Å²) in [4.78, 5) is 12.3. The average Bonchev–Trinajstić information content (AvgIpc) is 2.78. The quantitative estimate of drug-likeness (QED) is 0.229. The molecule has 33 heavy (non-hydrogen) atoms. The molecule has 0 aliphatic carbocycles. The number of hydrogen-bond donors (Lipinski definition) is 1. The van der Waals surface area contributed by atoms with Gasteiger partial charge in [0.15, 0.2) is 0 Å². The molecule has 3 aromatic carbocycles. The third-order valence-corrected chi connectivity index (χ3v) is 6.06. The molecule has 0 aromatic heterocycles. The first-order valence-electron chi connectivity index (χ1n) is 9.67. The topological polar surface area (TPSA) is 85.3 Å². The number of nitriles is 1. The molecule has 0 spiro atoms. The lowest BCUT2D eigenvalue weighted by Crippen LogP contribution is -2.21. The zero-order valence-corrected chi connectivity index (χ0v) is 20.0. The summed E-state index contributed by atoms with van der Waals surface area (Å²) >= 11 is 15.4. The van der Waals surface area contributed by atoms with Gasteiger partial charge in [-0.3, -0.25) is 0 Å². The minimum Gasteiger partial charge on any atom is -0.440 e. The largest absolute Gasteiger partial charge is 0.440 e. The van der Waals surface area contributed by atoms with E-state index in [0.29, 0.717) is 26.9 Å². The van der Waals surface area contributed by atoms with Gasteiger partial charge in [0.2, 0.25) is 5.88 Å². The van der Waals surface area contributed by atoms with E-state index < -0.39 is 11.9 Å². The Labute approximate surface area is 208 Å². The van der Waals surface area contributed by atoms with Gasteiger partial charge in [0, 0.05) is 32.2 Å². The van der Waals surface area contributed by atoms with Gasteiger partial charge in [-0.2, -0.15) is 5.26 Å². The lowest BCUT2D eigenvalue weighted by Gasteiger charge is -2.26. The van der Waals surface area contributed by atoms with Gasteiger partial charge in [-0.05, 0) is 47.5 Å². The van der Waals surface area contributed by atoms with Crippen molar-refractivity contribution >= 4 is 51.2 Å². The second kappa shape index (κ2) is 9.72. The Morgan fingerprint density at radius 3 is 2.58 bits per heavy atom. The Morgan fingerprint density at radius 1 is 1.12 bits per heavy atom. The first-order chi connectivity index (χ1) is 15.9. The molecule has 0 fully saturated rings. The van der Waals surface area contributed by atoms with Crippen molar-refractivity contribution in [3.8, 4) is 17.6 Å². The van der Waals surface area contributed by atoms with E-state index in [4.69, 9.17) is 38.4 Å².